The van der Waals surface area contributed by atoms with Gasteiger partial charge in [0.2, 0.25) is 0 Å². The van der Waals surface area contributed by atoms with Gasteiger partial charge in [0.15, 0.2) is 0 Å². The summed E-state index contributed by atoms with van der Waals surface area (Å²) in [6.45, 7) is 8.41. The van der Waals surface area contributed by atoms with Crippen LogP contribution in [0.2, 0.25) is 5.02 Å². The van der Waals surface area contributed by atoms with Crippen LogP contribution in [0.3, 0.4) is 0 Å². The second-order valence-corrected chi connectivity index (χ2v) is 5.18. The second kappa shape index (κ2) is 7.39. The van der Waals surface area contributed by atoms with Crippen molar-refractivity contribution in [3.05, 3.63) is 28.8 Å². The Labute approximate surface area is 121 Å². The van der Waals surface area contributed by atoms with Crippen LogP contribution in [0.5, 0.6) is 0 Å². The Bertz CT molecular complexity index is 427. The van der Waals surface area contributed by atoms with Gasteiger partial charge in [-0.2, -0.15) is 0 Å². The Morgan fingerprint density at radius 3 is 2.42 bits per heavy atom. The second-order valence-electron chi connectivity index (χ2n) is 4.77. The predicted molar refractivity (Wildman–Crippen MR) is 84.4 cm³/mol. The molecule has 0 aliphatic heterocycles. The Morgan fingerprint density at radius 1 is 1.32 bits per heavy atom. The molecule has 19 heavy (non-hydrogen) atoms. The highest BCUT2D eigenvalue weighted by atomic mass is 35.5. The summed E-state index contributed by atoms with van der Waals surface area (Å²) in [6, 6.07) is 5.70. The van der Waals surface area contributed by atoms with Crippen LogP contribution in [-0.2, 0) is 0 Å². The van der Waals surface area contributed by atoms with Crippen LogP contribution in [0.15, 0.2) is 18.2 Å². The minimum Gasteiger partial charge on any atom is -0.384 e. The Hall–Kier alpha value is -1.22. The van der Waals surface area contributed by atoms with Gasteiger partial charge in [0.25, 0.3) is 0 Å². The van der Waals surface area contributed by atoms with E-state index in [1.807, 2.05) is 12.1 Å². The molecule has 1 rings (SSSR count). The highest BCUT2D eigenvalue weighted by Crippen LogP contribution is 2.28. The lowest BCUT2D eigenvalue weighted by Crippen LogP contribution is -2.31. The Morgan fingerprint density at radius 2 is 1.95 bits per heavy atom. The first kappa shape index (κ1) is 15.8. The van der Waals surface area contributed by atoms with Crippen LogP contribution in [0.1, 0.15) is 39.2 Å². The van der Waals surface area contributed by atoms with Crippen LogP contribution in [0, 0.1) is 11.3 Å². The zero-order valence-corrected chi connectivity index (χ0v) is 12.8. The standard InChI is InChI=1S/C15H24ClN3/c1-4-11(5-2)10-19(6-3)13-9-7-8-12(16)14(13)15(17)18/h7-9,11H,4-6,10H2,1-3H3,(H3,17,18). The fourth-order valence-corrected chi connectivity index (χ4v) is 2.57. The van der Waals surface area contributed by atoms with Crippen LogP contribution < -0.4 is 10.6 Å². The first-order valence-electron chi connectivity index (χ1n) is 6.92. The molecule has 0 aliphatic carbocycles. The van der Waals surface area contributed by atoms with Crippen molar-refractivity contribution in [2.45, 2.75) is 33.6 Å². The van der Waals surface area contributed by atoms with Crippen molar-refractivity contribution >= 4 is 23.1 Å². The molecule has 3 N–H and O–H groups in total. The fourth-order valence-electron chi connectivity index (χ4n) is 2.30. The maximum atomic E-state index is 7.72. The number of nitrogens with zero attached hydrogens (tertiary/aromatic N) is 1. The molecule has 0 aliphatic rings. The number of halogens is 1. The van der Waals surface area contributed by atoms with E-state index in [0.717, 1.165) is 31.6 Å². The molecule has 0 bridgehead atoms. The molecule has 0 heterocycles. The van der Waals surface area contributed by atoms with Crippen LogP contribution in [0.25, 0.3) is 0 Å². The Kier molecular flexibility index (Phi) is 6.16. The number of hydrogen-bond acceptors (Lipinski definition) is 2. The highest BCUT2D eigenvalue weighted by molar-refractivity contribution is 6.34. The van der Waals surface area contributed by atoms with Gasteiger partial charge in [-0.05, 0) is 25.0 Å². The smallest absolute Gasteiger partial charge is 0.126 e. The number of nitrogens with two attached hydrogens (primary N) is 1. The number of nitrogen functional groups attached to an aromatic ring is 1. The van der Waals surface area contributed by atoms with E-state index in [9.17, 15) is 0 Å². The summed E-state index contributed by atoms with van der Waals surface area (Å²) >= 11 is 6.18. The SMILES string of the molecule is CCC(CC)CN(CC)c1cccc(Cl)c1C(=N)N. The molecule has 1 aromatic rings. The van der Waals surface area contributed by atoms with Gasteiger partial charge in [0.1, 0.15) is 5.84 Å². The van der Waals surface area contributed by atoms with Crippen molar-refractivity contribution in [2.24, 2.45) is 11.7 Å². The van der Waals surface area contributed by atoms with E-state index < -0.39 is 0 Å². The van der Waals surface area contributed by atoms with Gasteiger partial charge in [0, 0.05) is 18.8 Å². The van der Waals surface area contributed by atoms with Gasteiger partial charge in [-0.15, -0.1) is 0 Å². The van der Waals surface area contributed by atoms with Crippen molar-refractivity contribution in [3.8, 4) is 0 Å². The van der Waals surface area contributed by atoms with Crippen LogP contribution in [0.4, 0.5) is 5.69 Å². The summed E-state index contributed by atoms with van der Waals surface area (Å²) in [6.07, 6.45) is 2.31. The fraction of sp³-hybridized carbons (Fsp3) is 0.533. The lowest BCUT2D eigenvalue weighted by molar-refractivity contribution is 0.486. The first-order valence-corrected chi connectivity index (χ1v) is 7.30. The van der Waals surface area contributed by atoms with Crippen LogP contribution >= 0.6 is 11.6 Å². The first-order chi connectivity index (χ1) is 9.04. The molecule has 106 valence electrons. The molecule has 0 spiro atoms. The molecule has 0 atom stereocenters. The van der Waals surface area contributed by atoms with Crippen molar-refractivity contribution < 1.29 is 0 Å². The average Bonchev–Trinajstić information content (AvgIpc) is 2.39. The lowest BCUT2D eigenvalue weighted by atomic mass is 10.0. The van der Waals surface area contributed by atoms with E-state index in [1.54, 1.807) is 6.07 Å². The lowest BCUT2D eigenvalue weighted by Gasteiger charge is -2.29. The minimum absolute atomic E-state index is 0.0311. The number of rotatable bonds is 7. The molecular weight excluding hydrogens is 258 g/mol. The molecule has 4 heteroatoms. The Balaban J connectivity index is 3.11. The van der Waals surface area contributed by atoms with Gasteiger partial charge in [0.05, 0.1) is 10.6 Å². The summed E-state index contributed by atoms with van der Waals surface area (Å²) in [4.78, 5) is 2.26. The monoisotopic (exact) mass is 281 g/mol. The third kappa shape index (κ3) is 3.87. The third-order valence-corrected chi connectivity index (χ3v) is 3.93. The van der Waals surface area contributed by atoms with E-state index in [0.29, 0.717) is 16.5 Å². The topological polar surface area (TPSA) is 53.1 Å². The van der Waals surface area contributed by atoms with Crippen molar-refractivity contribution in [1.29, 1.82) is 5.41 Å². The third-order valence-electron chi connectivity index (χ3n) is 3.62. The van der Waals surface area contributed by atoms with Crippen molar-refractivity contribution in [1.82, 2.24) is 0 Å². The number of hydrogen-bond donors (Lipinski definition) is 2. The van der Waals surface area contributed by atoms with Crippen molar-refractivity contribution in [2.75, 3.05) is 18.0 Å². The predicted octanol–water partition coefficient (Wildman–Crippen LogP) is 3.89. The molecular formula is C15H24ClN3. The van der Waals surface area contributed by atoms with Gasteiger partial charge in [-0.3, -0.25) is 5.41 Å². The quantitative estimate of drug-likeness (QED) is 0.588. The molecule has 0 saturated heterocycles. The summed E-state index contributed by atoms with van der Waals surface area (Å²) in [5.41, 5.74) is 7.29. The minimum atomic E-state index is 0.0311. The van der Waals surface area contributed by atoms with Gasteiger partial charge < -0.3 is 10.6 Å². The normalized spacial score (nSPS) is 10.8. The summed E-state index contributed by atoms with van der Waals surface area (Å²) in [5.74, 6) is 0.683. The molecule has 0 fully saturated rings. The summed E-state index contributed by atoms with van der Waals surface area (Å²) in [7, 11) is 0. The molecule has 0 amide bonds. The van der Waals surface area contributed by atoms with Gasteiger partial charge in [-0.25, -0.2) is 0 Å². The number of anilines is 1. The zero-order chi connectivity index (χ0) is 14.4. The maximum absolute atomic E-state index is 7.72. The van der Waals surface area contributed by atoms with E-state index in [4.69, 9.17) is 22.7 Å². The molecule has 0 aromatic heterocycles. The highest BCUT2D eigenvalue weighted by Gasteiger charge is 2.17. The maximum Gasteiger partial charge on any atom is 0.126 e. The summed E-state index contributed by atoms with van der Waals surface area (Å²) < 4.78 is 0. The van der Waals surface area contributed by atoms with Gasteiger partial charge in [-0.1, -0.05) is 44.4 Å². The van der Waals surface area contributed by atoms with Gasteiger partial charge >= 0.3 is 0 Å². The number of nitrogens with one attached hydrogen (secondary N) is 1. The molecule has 0 radical (unpaired) electrons. The van der Waals surface area contributed by atoms with E-state index in [1.165, 1.54) is 0 Å². The van der Waals surface area contributed by atoms with E-state index >= 15 is 0 Å². The zero-order valence-electron chi connectivity index (χ0n) is 12.0. The number of benzene rings is 1. The average molecular weight is 282 g/mol. The molecule has 0 unspecified atom stereocenters. The molecule has 1 aromatic carbocycles. The van der Waals surface area contributed by atoms with Crippen LogP contribution in [-0.4, -0.2) is 18.9 Å². The summed E-state index contributed by atoms with van der Waals surface area (Å²) in [5, 5.41) is 8.27. The number of amidine groups is 1. The largest absolute Gasteiger partial charge is 0.384 e. The van der Waals surface area contributed by atoms with E-state index in [2.05, 4.69) is 25.7 Å². The molecule has 0 saturated carbocycles. The van der Waals surface area contributed by atoms with E-state index in [-0.39, 0.29) is 5.84 Å². The molecule has 3 nitrogen and oxygen atoms in total. The van der Waals surface area contributed by atoms with Crippen molar-refractivity contribution in [3.63, 3.8) is 0 Å².